The number of nitrogens with one attached hydrogen (secondary N) is 2. The van der Waals surface area contributed by atoms with Crippen LogP contribution in [0.15, 0.2) is 27.6 Å². The minimum atomic E-state index is -3.76. The van der Waals surface area contributed by atoms with Gasteiger partial charge in [-0.2, -0.15) is 0 Å². The lowest BCUT2D eigenvalue weighted by molar-refractivity contribution is -0.116. The van der Waals surface area contributed by atoms with E-state index in [1.165, 1.54) is 25.5 Å². The fourth-order valence-electron chi connectivity index (χ4n) is 3.50. The lowest BCUT2D eigenvalue weighted by atomic mass is 10.1. The van der Waals surface area contributed by atoms with E-state index in [-0.39, 0.29) is 29.5 Å². The van der Waals surface area contributed by atoms with Crippen LogP contribution >= 0.6 is 0 Å². The molecule has 0 saturated carbocycles. The SMILES string of the molecule is Cc1cc(NC(=O)CCNS(=O)(=O)c2c(C)noc2C)ccc1N1CCCC1. The van der Waals surface area contributed by atoms with Crippen LogP contribution < -0.4 is 14.9 Å². The molecule has 9 heteroatoms. The number of hydrogen-bond donors (Lipinski definition) is 2. The predicted octanol–water partition coefficient (Wildman–Crippen LogP) is 2.51. The van der Waals surface area contributed by atoms with Crippen LogP contribution in [0.3, 0.4) is 0 Å². The van der Waals surface area contributed by atoms with Gasteiger partial charge in [0.15, 0.2) is 5.76 Å². The molecule has 1 aromatic carbocycles. The van der Waals surface area contributed by atoms with Gasteiger partial charge in [0.25, 0.3) is 0 Å². The van der Waals surface area contributed by atoms with Gasteiger partial charge in [0.05, 0.1) is 0 Å². The highest BCUT2D eigenvalue weighted by Crippen LogP contribution is 2.26. The summed E-state index contributed by atoms with van der Waals surface area (Å²) in [6.07, 6.45) is 2.44. The number of rotatable bonds is 7. The van der Waals surface area contributed by atoms with Gasteiger partial charge in [-0.1, -0.05) is 5.16 Å². The highest BCUT2D eigenvalue weighted by atomic mass is 32.2. The molecule has 0 bridgehead atoms. The maximum Gasteiger partial charge on any atom is 0.245 e. The minimum absolute atomic E-state index is 0.0108. The van der Waals surface area contributed by atoms with Crippen LogP contribution in [0.4, 0.5) is 11.4 Å². The van der Waals surface area contributed by atoms with E-state index >= 15 is 0 Å². The molecule has 0 spiro atoms. The van der Waals surface area contributed by atoms with Crippen molar-refractivity contribution in [1.29, 1.82) is 0 Å². The Hall–Kier alpha value is -2.39. The second-order valence-corrected chi connectivity index (χ2v) is 8.75. The van der Waals surface area contributed by atoms with Crippen molar-refractivity contribution in [3.05, 3.63) is 35.2 Å². The lowest BCUT2D eigenvalue weighted by Crippen LogP contribution is -2.28. The fraction of sp³-hybridized carbons (Fsp3) is 0.474. The number of nitrogens with zero attached hydrogens (tertiary/aromatic N) is 2. The summed E-state index contributed by atoms with van der Waals surface area (Å²) in [6.45, 7) is 7.25. The second-order valence-electron chi connectivity index (χ2n) is 7.04. The van der Waals surface area contributed by atoms with Crippen molar-refractivity contribution in [2.45, 2.75) is 44.9 Å². The quantitative estimate of drug-likeness (QED) is 0.732. The van der Waals surface area contributed by atoms with Crippen molar-refractivity contribution >= 4 is 27.3 Å². The summed E-state index contributed by atoms with van der Waals surface area (Å²) in [6, 6.07) is 5.85. The zero-order valence-electron chi connectivity index (χ0n) is 16.4. The van der Waals surface area contributed by atoms with Gasteiger partial charge in [-0.05, 0) is 57.4 Å². The molecule has 0 unspecified atom stereocenters. The van der Waals surface area contributed by atoms with Crippen molar-refractivity contribution < 1.29 is 17.7 Å². The Morgan fingerprint density at radius 3 is 2.54 bits per heavy atom. The fourth-order valence-corrected chi connectivity index (χ4v) is 4.86. The molecule has 2 N–H and O–H groups in total. The van der Waals surface area contributed by atoms with Gasteiger partial charge in [0, 0.05) is 37.4 Å². The molecule has 0 radical (unpaired) electrons. The van der Waals surface area contributed by atoms with Crippen LogP contribution in [0.1, 0.15) is 36.3 Å². The van der Waals surface area contributed by atoms with E-state index in [0.29, 0.717) is 11.4 Å². The second kappa shape index (κ2) is 8.32. The first-order valence-corrected chi connectivity index (χ1v) is 10.8. The molecule has 3 rings (SSSR count). The predicted molar refractivity (Wildman–Crippen MR) is 107 cm³/mol. The Morgan fingerprint density at radius 2 is 1.93 bits per heavy atom. The first-order chi connectivity index (χ1) is 13.3. The van der Waals surface area contributed by atoms with E-state index in [1.54, 1.807) is 6.92 Å². The molecule has 1 saturated heterocycles. The van der Waals surface area contributed by atoms with Crippen LogP contribution in [-0.2, 0) is 14.8 Å². The van der Waals surface area contributed by atoms with Crippen LogP contribution in [0.2, 0.25) is 0 Å². The number of amides is 1. The average Bonchev–Trinajstić information content (AvgIpc) is 3.25. The zero-order chi connectivity index (χ0) is 20.3. The van der Waals surface area contributed by atoms with E-state index in [4.69, 9.17) is 4.52 Å². The van der Waals surface area contributed by atoms with Gasteiger partial charge in [-0.15, -0.1) is 0 Å². The Kier molecular flexibility index (Phi) is 6.04. The number of sulfonamides is 1. The molecular formula is C19H26N4O4S. The summed E-state index contributed by atoms with van der Waals surface area (Å²) in [7, 11) is -3.76. The van der Waals surface area contributed by atoms with Crippen LogP contribution in [0.25, 0.3) is 0 Å². The Labute approximate surface area is 165 Å². The lowest BCUT2D eigenvalue weighted by Gasteiger charge is -2.20. The minimum Gasteiger partial charge on any atom is -0.371 e. The number of hydrogen-bond acceptors (Lipinski definition) is 6. The standard InChI is InChI=1S/C19H26N4O4S/c1-13-12-16(6-7-17(13)23-10-4-5-11-23)21-18(24)8-9-20-28(25,26)19-14(2)22-27-15(19)3/h6-7,12,20H,4-5,8-11H2,1-3H3,(H,21,24). The van der Waals surface area contributed by atoms with E-state index in [1.807, 2.05) is 25.1 Å². The zero-order valence-corrected chi connectivity index (χ0v) is 17.2. The van der Waals surface area contributed by atoms with E-state index in [9.17, 15) is 13.2 Å². The monoisotopic (exact) mass is 406 g/mol. The number of anilines is 2. The summed E-state index contributed by atoms with van der Waals surface area (Å²) < 4.78 is 32.0. The van der Waals surface area contributed by atoms with Crippen molar-refractivity contribution in [2.24, 2.45) is 0 Å². The molecule has 152 valence electrons. The van der Waals surface area contributed by atoms with Gasteiger partial charge in [0.1, 0.15) is 10.6 Å². The molecule has 1 aliphatic rings. The molecule has 2 aromatic rings. The van der Waals surface area contributed by atoms with Crippen LogP contribution in [-0.4, -0.2) is 39.1 Å². The summed E-state index contributed by atoms with van der Waals surface area (Å²) >= 11 is 0. The Bertz CT molecular complexity index is 943. The average molecular weight is 407 g/mol. The molecule has 8 nitrogen and oxygen atoms in total. The van der Waals surface area contributed by atoms with Gasteiger partial charge < -0.3 is 14.7 Å². The molecule has 1 amide bonds. The van der Waals surface area contributed by atoms with Crippen molar-refractivity contribution in [2.75, 3.05) is 29.9 Å². The van der Waals surface area contributed by atoms with Gasteiger partial charge in [-0.3, -0.25) is 4.79 Å². The molecule has 1 aromatic heterocycles. The molecule has 28 heavy (non-hydrogen) atoms. The largest absolute Gasteiger partial charge is 0.371 e. The summed E-state index contributed by atoms with van der Waals surface area (Å²) in [5.41, 5.74) is 3.31. The summed E-state index contributed by atoms with van der Waals surface area (Å²) in [4.78, 5) is 14.6. The van der Waals surface area contributed by atoms with Crippen LogP contribution in [0, 0.1) is 20.8 Å². The summed E-state index contributed by atoms with van der Waals surface area (Å²) in [5, 5.41) is 6.47. The number of carbonyl (C=O) groups excluding carboxylic acids is 1. The van der Waals surface area contributed by atoms with E-state index in [2.05, 4.69) is 20.1 Å². The highest BCUT2D eigenvalue weighted by molar-refractivity contribution is 7.89. The number of aryl methyl sites for hydroxylation is 3. The Balaban J connectivity index is 1.54. The summed E-state index contributed by atoms with van der Waals surface area (Å²) in [5.74, 6) is -0.0298. The normalized spacial score (nSPS) is 14.5. The smallest absolute Gasteiger partial charge is 0.245 e. The van der Waals surface area contributed by atoms with Crippen LogP contribution in [0.5, 0.6) is 0 Å². The van der Waals surface area contributed by atoms with E-state index in [0.717, 1.165) is 18.7 Å². The number of carbonyl (C=O) groups is 1. The van der Waals surface area contributed by atoms with Crippen molar-refractivity contribution in [1.82, 2.24) is 9.88 Å². The molecule has 0 aliphatic carbocycles. The third kappa shape index (κ3) is 4.53. The number of aromatic nitrogens is 1. The molecule has 0 atom stereocenters. The van der Waals surface area contributed by atoms with Gasteiger partial charge in [-0.25, -0.2) is 13.1 Å². The van der Waals surface area contributed by atoms with Crippen molar-refractivity contribution in [3.63, 3.8) is 0 Å². The van der Waals surface area contributed by atoms with Crippen molar-refractivity contribution in [3.8, 4) is 0 Å². The molecule has 1 fully saturated rings. The first-order valence-electron chi connectivity index (χ1n) is 9.36. The third-order valence-corrected chi connectivity index (χ3v) is 6.51. The topological polar surface area (TPSA) is 105 Å². The first kappa shape index (κ1) is 20.3. The highest BCUT2D eigenvalue weighted by Gasteiger charge is 2.24. The van der Waals surface area contributed by atoms with Gasteiger partial charge >= 0.3 is 0 Å². The number of benzene rings is 1. The van der Waals surface area contributed by atoms with E-state index < -0.39 is 10.0 Å². The molecule has 2 heterocycles. The maximum absolute atomic E-state index is 12.3. The van der Waals surface area contributed by atoms with Gasteiger partial charge in [0.2, 0.25) is 15.9 Å². The third-order valence-electron chi connectivity index (χ3n) is 4.81. The molecule has 1 aliphatic heterocycles. The maximum atomic E-state index is 12.3. The molecular weight excluding hydrogens is 380 g/mol. The Morgan fingerprint density at radius 1 is 1.21 bits per heavy atom.